The Morgan fingerprint density at radius 3 is 1.34 bits per heavy atom. The fourth-order valence-corrected chi connectivity index (χ4v) is 8.05. The van der Waals surface area contributed by atoms with Crippen molar-refractivity contribution in [2.45, 2.75) is 0 Å². The highest BCUT2D eigenvalue weighted by Gasteiger charge is 2.16. The molecule has 10 rings (SSSR count). The Kier molecular flexibility index (Phi) is 8.71. The van der Waals surface area contributed by atoms with Crippen LogP contribution in [0.15, 0.2) is 193 Å². The summed E-state index contributed by atoms with van der Waals surface area (Å²) >= 11 is 7.17. The van der Waals surface area contributed by atoms with Crippen molar-refractivity contribution in [3.63, 3.8) is 0 Å². The zero-order chi connectivity index (χ0) is 35.9. The lowest BCUT2D eigenvalue weighted by molar-refractivity contribution is 1.18. The van der Waals surface area contributed by atoms with E-state index in [0.717, 1.165) is 10.2 Å². The standard InChI is InChI=1S/C48H31BrN2.CH4S/c49-38-23-19-32(20-24-38)35-27-36(33-22-26-47-44(30-33)42-16-8-10-18-46(42)50(47)39-11-3-1-4-12-39)29-37(28-35)34-21-25-43-41-15-7-9-17-45(41)51(48(43)31-34)40-13-5-2-6-14-40;1-2/h1-31H;2H,1H3. The molecule has 0 atom stereocenters. The summed E-state index contributed by atoms with van der Waals surface area (Å²) < 4.78 is 5.84. The molecule has 0 bridgehead atoms. The third-order valence-electron chi connectivity index (χ3n) is 10.2. The minimum atomic E-state index is 1.07. The number of halogens is 1. The van der Waals surface area contributed by atoms with Gasteiger partial charge in [0, 0.05) is 37.4 Å². The van der Waals surface area contributed by atoms with Gasteiger partial charge in [0.25, 0.3) is 0 Å². The third-order valence-corrected chi connectivity index (χ3v) is 10.7. The Balaban J connectivity index is 0.00000183. The second-order valence-corrected chi connectivity index (χ2v) is 14.1. The SMILES string of the molecule is Brc1ccc(-c2cc(-c3ccc4c(c3)c3ccccc3n4-c3ccccc3)cc(-c3ccc4c5ccccc5n(-c5ccccc5)c4c3)c2)cc1.CS. The number of rotatable bonds is 5. The molecule has 0 spiro atoms. The summed E-state index contributed by atoms with van der Waals surface area (Å²) in [6, 6.07) is 68.3. The molecular weight excluding hydrogens is 729 g/mol. The largest absolute Gasteiger partial charge is 0.309 e. The first-order valence-electron chi connectivity index (χ1n) is 17.7. The van der Waals surface area contributed by atoms with Gasteiger partial charge in [0.15, 0.2) is 0 Å². The Hall–Kier alpha value is -5.81. The average Bonchev–Trinajstić information content (AvgIpc) is 3.74. The van der Waals surface area contributed by atoms with Gasteiger partial charge in [-0.3, -0.25) is 0 Å². The van der Waals surface area contributed by atoms with Gasteiger partial charge >= 0.3 is 0 Å². The van der Waals surface area contributed by atoms with Gasteiger partial charge in [-0.05, 0) is 125 Å². The zero-order valence-electron chi connectivity index (χ0n) is 29.1. The van der Waals surface area contributed by atoms with Crippen molar-refractivity contribution in [1.29, 1.82) is 0 Å². The maximum Gasteiger partial charge on any atom is 0.0547 e. The molecule has 0 N–H and O–H groups in total. The van der Waals surface area contributed by atoms with Gasteiger partial charge in [-0.15, -0.1) is 0 Å². The van der Waals surface area contributed by atoms with Gasteiger partial charge in [-0.1, -0.05) is 119 Å². The average molecular weight is 764 g/mol. The van der Waals surface area contributed by atoms with Crippen LogP contribution in [0.1, 0.15) is 0 Å². The van der Waals surface area contributed by atoms with E-state index in [4.69, 9.17) is 0 Å². The van der Waals surface area contributed by atoms with E-state index in [2.05, 4.69) is 226 Å². The monoisotopic (exact) mass is 762 g/mol. The topological polar surface area (TPSA) is 9.86 Å². The van der Waals surface area contributed by atoms with Gasteiger partial charge in [0.2, 0.25) is 0 Å². The second kappa shape index (κ2) is 14.0. The highest BCUT2D eigenvalue weighted by Crippen LogP contribution is 2.40. The number of thiol groups is 1. The maximum atomic E-state index is 3.64. The van der Waals surface area contributed by atoms with Gasteiger partial charge in [0.1, 0.15) is 0 Å². The lowest BCUT2D eigenvalue weighted by atomic mass is 9.92. The van der Waals surface area contributed by atoms with Crippen molar-refractivity contribution in [2.24, 2.45) is 0 Å². The summed E-state index contributed by atoms with van der Waals surface area (Å²) in [5.41, 5.74) is 14.3. The van der Waals surface area contributed by atoms with Crippen LogP contribution in [0.2, 0.25) is 0 Å². The van der Waals surface area contributed by atoms with Crippen LogP contribution in [0, 0.1) is 0 Å². The number of benzene rings is 8. The first-order valence-corrected chi connectivity index (χ1v) is 19.4. The number of hydrogen-bond donors (Lipinski definition) is 1. The summed E-state index contributed by atoms with van der Waals surface area (Å²) in [7, 11) is 0. The molecule has 0 saturated heterocycles. The number of para-hydroxylation sites is 4. The fourth-order valence-electron chi connectivity index (χ4n) is 7.78. The predicted octanol–water partition coefficient (Wildman–Crippen LogP) is 14.2. The maximum absolute atomic E-state index is 3.64. The van der Waals surface area contributed by atoms with Crippen molar-refractivity contribution in [3.8, 4) is 44.8 Å². The van der Waals surface area contributed by atoms with Crippen LogP contribution in [0.4, 0.5) is 0 Å². The van der Waals surface area contributed by atoms with E-state index in [1.807, 2.05) is 0 Å². The first-order chi connectivity index (χ1) is 26.2. The highest BCUT2D eigenvalue weighted by atomic mass is 79.9. The number of aromatic nitrogens is 2. The Bertz CT molecular complexity index is 2910. The molecule has 254 valence electrons. The molecule has 2 aromatic heterocycles. The van der Waals surface area contributed by atoms with E-state index in [0.29, 0.717) is 0 Å². The lowest BCUT2D eigenvalue weighted by Gasteiger charge is -2.13. The van der Waals surface area contributed by atoms with Gasteiger partial charge in [-0.2, -0.15) is 12.6 Å². The third kappa shape index (κ3) is 5.85. The Morgan fingerprint density at radius 2 is 0.736 bits per heavy atom. The van der Waals surface area contributed by atoms with Crippen molar-refractivity contribution >= 4 is 72.2 Å². The molecule has 0 saturated carbocycles. The summed E-state index contributed by atoms with van der Waals surface area (Å²) in [5, 5.41) is 5.01. The first kappa shape index (κ1) is 33.1. The van der Waals surface area contributed by atoms with Crippen LogP contribution < -0.4 is 0 Å². The van der Waals surface area contributed by atoms with E-state index >= 15 is 0 Å². The molecule has 10 aromatic rings. The molecule has 53 heavy (non-hydrogen) atoms. The van der Waals surface area contributed by atoms with Crippen LogP contribution >= 0.6 is 28.6 Å². The van der Waals surface area contributed by atoms with Crippen molar-refractivity contribution < 1.29 is 0 Å². The van der Waals surface area contributed by atoms with Crippen LogP contribution in [-0.4, -0.2) is 15.4 Å². The van der Waals surface area contributed by atoms with Crippen molar-refractivity contribution in [2.75, 3.05) is 6.26 Å². The van der Waals surface area contributed by atoms with E-state index in [-0.39, 0.29) is 0 Å². The molecule has 8 aromatic carbocycles. The molecule has 0 amide bonds. The van der Waals surface area contributed by atoms with Crippen LogP contribution in [0.5, 0.6) is 0 Å². The van der Waals surface area contributed by atoms with Gasteiger partial charge in [-0.25, -0.2) is 0 Å². The van der Waals surface area contributed by atoms with Crippen LogP contribution in [0.3, 0.4) is 0 Å². The minimum Gasteiger partial charge on any atom is -0.309 e. The molecule has 4 heteroatoms. The molecule has 2 nitrogen and oxygen atoms in total. The Morgan fingerprint density at radius 1 is 0.321 bits per heavy atom. The van der Waals surface area contributed by atoms with Gasteiger partial charge < -0.3 is 9.13 Å². The smallest absolute Gasteiger partial charge is 0.0547 e. The fraction of sp³-hybridized carbons (Fsp3) is 0.0204. The molecule has 0 aliphatic carbocycles. The highest BCUT2D eigenvalue weighted by molar-refractivity contribution is 9.10. The molecule has 0 unspecified atom stereocenters. The van der Waals surface area contributed by atoms with E-state index in [1.165, 1.54) is 82.7 Å². The van der Waals surface area contributed by atoms with Gasteiger partial charge in [0.05, 0.1) is 22.1 Å². The summed E-state index contributed by atoms with van der Waals surface area (Å²) in [6.07, 6.45) is 1.69. The summed E-state index contributed by atoms with van der Waals surface area (Å²) in [4.78, 5) is 0. The molecular formula is C49H35BrN2S. The summed E-state index contributed by atoms with van der Waals surface area (Å²) in [5.74, 6) is 0. The molecule has 0 aliphatic rings. The number of hydrogen-bond acceptors (Lipinski definition) is 1. The normalized spacial score (nSPS) is 11.3. The van der Waals surface area contributed by atoms with Crippen LogP contribution in [-0.2, 0) is 0 Å². The number of nitrogens with zero attached hydrogens (tertiary/aromatic N) is 2. The quantitative estimate of drug-likeness (QED) is 0.167. The molecule has 0 fully saturated rings. The zero-order valence-corrected chi connectivity index (χ0v) is 31.6. The second-order valence-electron chi connectivity index (χ2n) is 13.1. The van der Waals surface area contributed by atoms with E-state index in [9.17, 15) is 0 Å². The van der Waals surface area contributed by atoms with Crippen LogP contribution in [0.25, 0.3) is 88.4 Å². The molecule has 2 heterocycles. The Labute approximate surface area is 323 Å². The lowest BCUT2D eigenvalue weighted by Crippen LogP contribution is -1.93. The molecule has 0 aliphatic heterocycles. The van der Waals surface area contributed by atoms with Crippen molar-refractivity contribution in [3.05, 3.63) is 193 Å². The van der Waals surface area contributed by atoms with E-state index < -0.39 is 0 Å². The van der Waals surface area contributed by atoms with E-state index in [1.54, 1.807) is 6.26 Å². The number of fused-ring (bicyclic) bond motifs is 6. The van der Waals surface area contributed by atoms with Crippen molar-refractivity contribution in [1.82, 2.24) is 9.13 Å². The summed E-state index contributed by atoms with van der Waals surface area (Å²) in [6.45, 7) is 0. The minimum absolute atomic E-state index is 1.07. The molecule has 0 radical (unpaired) electrons. The predicted molar refractivity (Wildman–Crippen MR) is 234 cm³/mol.